The summed E-state index contributed by atoms with van der Waals surface area (Å²) < 4.78 is 10.6. The van der Waals surface area contributed by atoms with Crippen molar-refractivity contribution in [3.8, 4) is 11.5 Å². The molecule has 0 saturated heterocycles. The van der Waals surface area contributed by atoms with Crippen LogP contribution in [0, 0.1) is 17.8 Å². The maximum atomic E-state index is 6.39. The molecule has 0 unspecified atom stereocenters. The van der Waals surface area contributed by atoms with Gasteiger partial charge in [-0.05, 0) is 35.9 Å². The molecule has 0 aromatic heterocycles. The van der Waals surface area contributed by atoms with Crippen molar-refractivity contribution < 1.29 is 9.47 Å². The van der Waals surface area contributed by atoms with Crippen molar-refractivity contribution >= 4 is 11.6 Å². The van der Waals surface area contributed by atoms with Crippen LogP contribution in [-0.4, -0.2) is 20.8 Å². The molecule has 0 amide bonds. The lowest BCUT2D eigenvalue weighted by atomic mass is 9.85. The lowest BCUT2D eigenvalue weighted by Crippen LogP contribution is -2.29. The quantitative estimate of drug-likeness (QED) is 0.773. The standard InChI is InChI=1S/C17H28ClNO2/c1-11(2)14(12(3)4)10-19-9-13-7-8-15(20-5)17(21-6)16(13)18/h7-8,11-12,14,19H,9-10H2,1-6H3. The van der Waals surface area contributed by atoms with Crippen LogP contribution in [0.2, 0.25) is 5.02 Å². The molecule has 1 N–H and O–H groups in total. The third kappa shape index (κ3) is 4.79. The third-order valence-corrected chi connectivity index (χ3v) is 4.39. The molecule has 1 aromatic carbocycles. The van der Waals surface area contributed by atoms with Gasteiger partial charge in [-0.3, -0.25) is 0 Å². The van der Waals surface area contributed by atoms with Crippen molar-refractivity contribution in [1.82, 2.24) is 5.32 Å². The summed E-state index contributed by atoms with van der Waals surface area (Å²) in [5, 5.41) is 4.13. The molecule has 3 nitrogen and oxygen atoms in total. The van der Waals surface area contributed by atoms with Gasteiger partial charge in [-0.15, -0.1) is 0 Å². The Kier molecular flexibility index (Phi) is 7.33. The Morgan fingerprint density at radius 1 is 1.05 bits per heavy atom. The van der Waals surface area contributed by atoms with Crippen molar-refractivity contribution in [2.45, 2.75) is 34.2 Å². The van der Waals surface area contributed by atoms with Crippen LogP contribution in [0.4, 0.5) is 0 Å². The number of halogens is 1. The Hall–Kier alpha value is -0.930. The van der Waals surface area contributed by atoms with E-state index in [1.165, 1.54) is 0 Å². The van der Waals surface area contributed by atoms with Gasteiger partial charge in [0.2, 0.25) is 0 Å². The molecule has 4 heteroatoms. The van der Waals surface area contributed by atoms with Gasteiger partial charge < -0.3 is 14.8 Å². The van der Waals surface area contributed by atoms with Crippen LogP contribution >= 0.6 is 11.6 Å². The van der Waals surface area contributed by atoms with Crippen molar-refractivity contribution in [1.29, 1.82) is 0 Å². The largest absolute Gasteiger partial charge is 0.493 e. The molecule has 0 atom stereocenters. The van der Waals surface area contributed by atoms with Crippen molar-refractivity contribution in [2.75, 3.05) is 20.8 Å². The minimum Gasteiger partial charge on any atom is -0.493 e. The van der Waals surface area contributed by atoms with Gasteiger partial charge in [-0.2, -0.15) is 0 Å². The smallest absolute Gasteiger partial charge is 0.179 e. The van der Waals surface area contributed by atoms with Gasteiger partial charge in [0.15, 0.2) is 11.5 Å². The zero-order valence-corrected chi connectivity index (χ0v) is 14.8. The Labute approximate surface area is 134 Å². The second-order valence-corrected chi connectivity index (χ2v) is 6.43. The molecule has 120 valence electrons. The molecule has 1 rings (SSSR count). The predicted octanol–water partition coefficient (Wildman–Crippen LogP) is 4.38. The molecular formula is C17H28ClNO2. The van der Waals surface area contributed by atoms with E-state index < -0.39 is 0 Å². The first-order valence-electron chi connectivity index (χ1n) is 7.52. The number of ether oxygens (including phenoxy) is 2. The second-order valence-electron chi connectivity index (χ2n) is 6.06. The molecule has 0 heterocycles. The molecule has 0 aliphatic heterocycles. The van der Waals surface area contributed by atoms with Gasteiger partial charge in [-0.1, -0.05) is 45.4 Å². The molecular weight excluding hydrogens is 286 g/mol. The Balaban J connectivity index is 2.72. The van der Waals surface area contributed by atoms with E-state index in [9.17, 15) is 0 Å². The van der Waals surface area contributed by atoms with E-state index in [2.05, 4.69) is 33.0 Å². The maximum Gasteiger partial charge on any atom is 0.179 e. The minimum atomic E-state index is 0.600. The van der Waals surface area contributed by atoms with E-state index in [1.54, 1.807) is 14.2 Å². The number of nitrogens with one attached hydrogen (secondary N) is 1. The van der Waals surface area contributed by atoms with Crippen LogP contribution < -0.4 is 14.8 Å². The fourth-order valence-electron chi connectivity index (χ4n) is 2.68. The average Bonchev–Trinajstić information content (AvgIpc) is 2.43. The summed E-state index contributed by atoms with van der Waals surface area (Å²) in [6.07, 6.45) is 0. The first-order chi connectivity index (χ1) is 9.92. The summed E-state index contributed by atoms with van der Waals surface area (Å²) in [4.78, 5) is 0. The van der Waals surface area contributed by atoms with Crippen LogP contribution in [0.5, 0.6) is 11.5 Å². The summed E-state index contributed by atoms with van der Waals surface area (Å²) in [5.41, 5.74) is 1.03. The Morgan fingerprint density at radius 3 is 2.14 bits per heavy atom. The van der Waals surface area contributed by atoms with E-state index in [4.69, 9.17) is 21.1 Å². The van der Waals surface area contributed by atoms with Crippen LogP contribution in [0.1, 0.15) is 33.3 Å². The predicted molar refractivity (Wildman–Crippen MR) is 89.4 cm³/mol. The van der Waals surface area contributed by atoms with Crippen LogP contribution in [0.3, 0.4) is 0 Å². The van der Waals surface area contributed by atoms with Crippen LogP contribution in [-0.2, 0) is 6.54 Å². The van der Waals surface area contributed by atoms with Crippen LogP contribution in [0.15, 0.2) is 12.1 Å². The van der Waals surface area contributed by atoms with Gasteiger partial charge in [0.25, 0.3) is 0 Å². The number of methoxy groups -OCH3 is 2. The van der Waals surface area contributed by atoms with Gasteiger partial charge in [-0.25, -0.2) is 0 Å². The molecule has 1 aromatic rings. The zero-order valence-electron chi connectivity index (χ0n) is 14.0. The average molecular weight is 314 g/mol. The number of rotatable bonds is 8. The molecule has 0 fully saturated rings. The van der Waals surface area contributed by atoms with E-state index in [1.807, 2.05) is 12.1 Å². The minimum absolute atomic E-state index is 0.600. The monoisotopic (exact) mass is 313 g/mol. The molecule has 0 bridgehead atoms. The van der Waals surface area contributed by atoms with E-state index in [0.29, 0.717) is 34.3 Å². The van der Waals surface area contributed by atoms with Gasteiger partial charge in [0.05, 0.1) is 19.2 Å². The summed E-state index contributed by atoms with van der Waals surface area (Å²) in [6.45, 7) is 10.8. The zero-order chi connectivity index (χ0) is 16.0. The lowest BCUT2D eigenvalue weighted by molar-refractivity contribution is 0.275. The van der Waals surface area contributed by atoms with Gasteiger partial charge in [0.1, 0.15) is 0 Å². The second kappa shape index (κ2) is 8.50. The normalized spacial score (nSPS) is 11.5. The molecule has 0 saturated carbocycles. The van der Waals surface area contributed by atoms with Crippen molar-refractivity contribution in [3.05, 3.63) is 22.7 Å². The SMILES string of the molecule is COc1ccc(CNCC(C(C)C)C(C)C)c(Cl)c1OC. The number of benzene rings is 1. The summed E-state index contributed by atoms with van der Waals surface area (Å²) in [6, 6.07) is 3.88. The molecule has 0 aliphatic carbocycles. The van der Waals surface area contributed by atoms with E-state index in [-0.39, 0.29) is 0 Å². The van der Waals surface area contributed by atoms with E-state index in [0.717, 1.165) is 18.7 Å². The molecule has 0 aliphatic rings. The highest BCUT2D eigenvalue weighted by molar-refractivity contribution is 6.33. The number of hydrogen-bond acceptors (Lipinski definition) is 3. The highest BCUT2D eigenvalue weighted by Crippen LogP contribution is 2.37. The first kappa shape index (κ1) is 18.1. The van der Waals surface area contributed by atoms with Gasteiger partial charge in [0, 0.05) is 6.54 Å². The first-order valence-corrected chi connectivity index (χ1v) is 7.90. The van der Waals surface area contributed by atoms with Gasteiger partial charge >= 0.3 is 0 Å². The summed E-state index contributed by atoms with van der Waals surface area (Å²) in [7, 11) is 3.22. The van der Waals surface area contributed by atoms with Crippen molar-refractivity contribution in [2.24, 2.45) is 17.8 Å². The van der Waals surface area contributed by atoms with E-state index >= 15 is 0 Å². The Bertz CT molecular complexity index is 439. The molecule has 0 spiro atoms. The van der Waals surface area contributed by atoms with Crippen molar-refractivity contribution in [3.63, 3.8) is 0 Å². The molecule has 21 heavy (non-hydrogen) atoms. The topological polar surface area (TPSA) is 30.5 Å². The highest BCUT2D eigenvalue weighted by Gasteiger charge is 2.18. The van der Waals surface area contributed by atoms with Crippen LogP contribution in [0.25, 0.3) is 0 Å². The summed E-state index contributed by atoms with van der Waals surface area (Å²) >= 11 is 6.39. The Morgan fingerprint density at radius 2 is 1.67 bits per heavy atom. The maximum absolute atomic E-state index is 6.39. The third-order valence-electron chi connectivity index (χ3n) is 3.97. The number of hydrogen-bond donors (Lipinski definition) is 1. The summed E-state index contributed by atoms with van der Waals surface area (Å²) in [5.74, 6) is 3.25. The fraction of sp³-hybridized carbons (Fsp3) is 0.647. The highest BCUT2D eigenvalue weighted by atomic mass is 35.5. The lowest BCUT2D eigenvalue weighted by Gasteiger charge is -2.25. The fourth-order valence-corrected chi connectivity index (χ4v) is 2.98. The molecule has 0 radical (unpaired) electrons.